The van der Waals surface area contributed by atoms with Crippen LogP contribution < -0.4 is 11.2 Å². The zero-order valence-electron chi connectivity index (χ0n) is 18.1. The van der Waals surface area contributed by atoms with Crippen LogP contribution in [0.1, 0.15) is 36.5 Å². The fourth-order valence-electron chi connectivity index (χ4n) is 3.94. The Kier molecular flexibility index (Phi) is 6.31. The summed E-state index contributed by atoms with van der Waals surface area (Å²) in [5, 5.41) is 4.09. The highest BCUT2D eigenvalue weighted by Gasteiger charge is 2.27. The van der Waals surface area contributed by atoms with Crippen LogP contribution in [-0.4, -0.2) is 62.0 Å². The van der Waals surface area contributed by atoms with Crippen LogP contribution >= 0.6 is 0 Å². The largest absolute Gasteiger partial charge is 0.340 e. The molecule has 2 N–H and O–H groups in total. The third-order valence-electron chi connectivity index (χ3n) is 5.89. The van der Waals surface area contributed by atoms with E-state index in [0.717, 1.165) is 5.56 Å². The maximum absolute atomic E-state index is 12.7. The number of benzene rings is 1. The summed E-state index contributed by atoms with van der Waals surface area (Å²) in [4.78, 5) is 49.3. The van der Waals surface area contributed by atoms with Crippen molar-refractivity contribution < 1.29 is 9.32 Å². The highest BCUT2D eigenvalue weighted by Crippen LogP contribution is 2.23. The van der Waals surface area contributed by atoms with Crippen LogP contribution in [0.3, 0.4) is 0 Å². The lowest BCUT2D eigenvalue weighted by Gasteiger charge is -2.36. The topological polar surface area (TPSA) is 128 Å². The molecule has 3 aromatic rings. The minimum atomic E-state index is -0.537. The molecule has 1 aliphatic rings. The van der Waals surface area contributed by atoms with E-state index in [4.69, 9.17) is 4.52 Å². The highest BCUT2D eigenvalue weighted by molar-refractivity contribution is 5.76. The lowest BCUT2D eigenvalue weighted by molar-refractivity contribution is -0.133. The Bertz CT molecular complexity index is 1190. The van der Waals surface area contributed by atoms with E-state index in [-0.39, 0.29) is 24.8 Å². The van der Waals surface area contributed by atoms with Gasteiger partial charge in [-0.2, -0.15) is 4.98 Å². The first-order valence-corrected chi connectivity index (χ1v) is 10.7. The van der Waals surface area contributed by atoms with Crippen molar-refractivity contribution >= 4 is 5.91 Å². The summed E-state index contributed by atoms with van der Waals surface area (Å²) in [6.07, 6.45) is 0.507. The van der Waals surface area contributed by atoms with E-state index in [9.17, 15) is 14.4 Å². The van der Waals surface area contributed by atoms with Crippen molar-refractivity contribution in [1.82, 2.24) is 29.9 Å². The summed E-state index contributed by atoms with van der Waals surface area (Å²) >= 11 is 0. The minimum Gasteiger partial charge on any atom is -0.340 e. The normalized spacial score (nSPS) is 15.6. The Labute approximate surface area is 184 Å². The Morgan fingerprint density at radius 1 is 1.12 bits per heavy atom. The fourth-order valence-corrected chi connectivity index (χ4v) is 3.94. The van der Waals surface area contributed by atoms with E-state index >= 15 is 0 Å². The molecule has 10 nitrogen and oxygen atoms in total. The first kappa shape index (κ1) is 21.7. The van der Waals surface area contributed by atoms with Crippen molar-refractivity contribution in [2.24, 2.45) is 0 Å². The molecule has 3 heterocycles. The number of hydrogen-bond acceptors (Lipinski definition) is 7. The van der Waals surface area contributed by atoms with Gasteiger partial charge in [0.15, 0.2) is 0 Å². The van der Waals surface area contributed by atoms with Gasteiger partial charge in [-0.3, -0.25) is 19.5 Å². The van der Waals surface area contributed by atoms with Gasteiger partial charge in [-0.1, -0.05) is 35.5 Å². The molecule has 0 radical (unpaired) electrons. The van der Waals surface area contributed by atoms with E-state index in [0.29, 0.717) is 49.2 Å². The summed E-state index contributed by atoms with van der Waals surface area (Å²) < 4.78 is 5.49. The van der Waals surface area contributed by atoms with E-state index in [1.165, 1.54) is 0 Å². The zero-order chi connectivity index (χ0) is 22.7. The molecule has 0 saturated carbocycles. The van der Waals surface area contributed by atoms with Gasteiger partial charge in [0.2, 0.25) is 17.6 Å². The molecule has 1 atom stereocenters. The summed E-state index contributed by atoms with van der Waals surface area (Å²) in [6, 6.07) is 9.62. The van der Waals surface area contributed by atoms with Crippen molar-refractivity contribution in [2.45, 2.75) is 32.7 Å². The average molecular weight is 438 g/mol. The number of aromatic nitrogens is 4. The zero-order valence-corrected chi connectivity index (χ0v) is 18.1. The van der Waals surface area contributed by atoms with Gasteiger partial charge in [-0.15, -0.1) is 0 Å². The Balaban J connectivity index is 1.31. The first-order chi connectivity index (χ1) is 15.4. The van der Waals surface area contributed by atoms with Gasteiger partial charge < -0.3 is 14.4 Å². The SMILES string of the molecule is Cc1[nH]c(=O)[nH]c(=O)c1CCC(=O)N1CCN(C(C)c2nc(-c3ccccc3)no2)CC1. The third kappa shape index (κ3) is 4.70. The monoisotopic (exact) mass is 438 g/mol. The Hall–Kier alpha value is -3.53. The number of rotatable bonds is 6. The molecule has 1 unspecified atom stereocenters. The number of H-pyrrole nitrogens is 2. The molecule has 2 aromatic heterocycles. The van der Waals surface area contributed by atoms with Crippen molar-refractivity contribution in [2.75, 3.05) is 26.2 Å². The maximum atomic E-state index is 12.7. The van der Waals surface area contributed by atoms with Gasteiger partial charge in [0.1, 0.15) is 0 Å². The van der Waals surface area contributed by atoms with Gasteiger partial charge in [-0.25, -0.2) is 4.79 Å². The smallest absolute Gasteiger partial charge is 0.325 e. The molecular weight excluding hydrogens is 412 g/mol. The van der Waals surface area contributed by atoms with Crippen LogP contribution in [0.2, 0.25) is 0 Å². The van der Waals surface area contributed by atoms with Crippen LogP contribution in [0, 0.1) is 6.92 Å². The number of nitrogens with zero attached hydrogens (tertiary/aromatic N) is 4. The number of carbonyl (C=O) groups is 1. The standard InChI is InChI=1S/C22H26N6O4/c1-14-17(20(30)25-22(31)23-14)8-9-18(29)28-12-10-27(11-13-28)15(2)21-24-19(26-32-21)16-6-4-3-5-7-16/h3-7,15H,8-13H2,1-2H3,(H2,23,25,30,31). The number of aryl methyl sites for hydroxylation is 1. The lowest BCUT2D eigenvalue weighted by Crippen LogP contribution is -2.49. The summed E-state index contributed by atoms with van der Waals surface area (Å²) in [6.45, 7) is 6.23. The number of piperazine rings is 1. The molecule has 1 aromatic carbocycles. The van der Waals surface area contributed by atoms with E-state index in [1.54, 1.807) is 6.92 Å². The van der Waals surface area contributed by atoms with Crippen LogP contribution in [0.25, 0.3) is 11.4 Å². The molecular formula is C22H26N6O4. The molecule has 1 fully saturated rings. The maximum Gasteiger partial charge on any atom is 0.325 e. The van der Waals surface area contributed by atoms with Crippen LogP contribution in [0.5, 0.6) is 0 Å². The molecule has 0 spiro atoms. The van der Waals surface area contributed by atoms with E-state index < -0.39 is 11.2 Å². The quantitative estimate of drug-likeness (QED) is 0.593. The predicted molar refractivity (Wildman–Crippen MR) is 117 cm³/mol. The number of carbonyl (C=O) groups excluding carboxylic acids is 1. The predicted octanol–water partition coefficient (Wildman–Crippen LogP) is 1.26. The van der Waals surface area contributed by atoms with Gasteiger partial charge in [0.25, 0.3) is 5.56 Å². The highest BCUT2D eigenvalue weighted by atomic mass is 16.5. The lowest BCUT2D eigenvalue weighted by atomic mass is 10.1. The number of hydrogen-bond donors (Lipinski definition) is 2. The summed E-state index contributed by atoms with van der Waals surface area (Å²) in [7, 11) is 0. The number of aromatic amines is 2. The molecule has 1 amide bonds. The van der Waals surface area contributed by atoms with E-state index in [2.05, 4.69) is 25.0 Å². The van der Waals surface area contributed by atoms with Gasteiger partial charge >= 0.3 is 5.69 Å². The molecule has 32 heavy (non-hydrogen) atoms. The second-order valence-corrected chi connectivity index (χ2v) is 7.93. The number of nitrogens with one attached hydrogen (secondary N) is 2. The van der Waals surface area contributed by atoms with Crippen LogP contribution in [0.15, 0.2) is 44.4 Å². The average Bonchev–Trinajstić information content (AvgIpc) is 3.29. The summed E-state index contributed by atoms with van der Waals surface area (Å²) in [5.74, 6) is 1.11. The Morgan fingerprint density at radius 3 is 2.53 bits per heavy atom. The van der Waals surface area contributed by atoms with E-state index in [1.807, 2.05) is 42.2 Å². The molecule has 0 bridgehead atoms. The Morgan fingerprint density at radius 2 is 1.84 bits per heavy atom. The van der Waals surface area contributed by atoms with Crippen molar-refractivity contribution in [3.8, 4) is 11.4 Å². The van der Waals surface area contributed by atoms with Gasteiger partial charge in [0.05, 0.1) is 6.04 Å². The molecule has 168 valence electrons. The molecule has 1 saturated heterocycles. The molecule has 4 rings (SSSR count). The van der Waals surface area contributed by atoms with Gasteiger partial charge in [0, 0.05) is 49.4 Å². The first-order valence-electron chi connectivity index (χ1n) is 10.7. The second kappa shape index (κ2) is 9.31. The molecule has 0 aliphatic carbocycles. The summed E-state index contributed by atoms with van der Waals surface area (Å²) in [5.41, 5.74) is 0.870. The molecule has 1 aliphatic heterocycles. The van der Waals surface area contributed by atoms with Crippen molar-refractivity contribution in [3.63, 3.8) is 0 Å². The second-order valence-electron chi connectivity index (χ2n) is 7.93. The third-order valence-corrected chi connectivity index (χ3v) is 5.89. The number of amides is 1. The minimum absolute atomic E-state index is 0.00791. The van der Waals surface area contributed by atoms with Crippen LogP contribution in [0.4, 0.5) is 0 Å². The van der Waals surface area contributed by atoms with Gasteiger partial charge in [-0.05, 0) is 20.3 Å². The van der Waals surface area contributed by atoms with Crippen LogP contribution in [-0.2, 0) is 11.2 Å². The van der Waals surface area contributed by atoms with Crippen molar-refractivity contribution in [3.05, 3.63) is 68.3 Å². The fraction of sp³-hybridized carbons (Fsp3) is 0.409. The molecule has 10 heteroatoms. The van der Waals surface area contributed by atoms with Crippen molar-refractivity contribution in [1.29, 1.82) is 0 Å².